The summed E-state index contributed by atoms with van der Waals surface area (Å²) in [5.41, 5.74) is 36.2. The molecule has 0 saturated heterocycles. The van der Waals surface area contributed by atoms with E-state index in [0.717, 1.165) is 184 Å². The molecule has 692 valence electrons. The monoisotopic (exact) mass is 1860 g/mol. The number of nitrogens with zero attached hydrogens (tertiary/aromatic N) is 3. The molecule has 3 heterocycles. The van der Waals surface area contributed by atoms with Crippen LogP contribution in [0.2, 0.25) is 0 Å². The fourth-order valence-electron chi connectivity index (χ4n) is 22.4. The van der Waals surface area contributed by atoms with E-state index in [1.807, 2.05) is 12.1 Å². The first-order valence-corrected chi connectivity index (χ1v) is 52.3. The van der Waals surface area contributed by atoms with E-state index in [4.69, 9.17) is 8.22 Å². The van der Waals surface area contributed by atoms with E-state index < -0.39 is 33.9 Å². The Balaban J connectivity index is 0.920. The van der Waals surface area contributed by atoms with Crippen LogP contribution in [0.25, 0.3) is 139 Å². The summed E-state index contributed by atoms with van der Waals surface area (Å²) in [6.45, 7) is 22.6. The molecular formula is C138H118BN3Si. The summed E-state index contributed by atoms with van der Waals surface area (Å²) in [5.74, 6) is 0. The van der Waals surface area contributed by atoms with Crippen LogP contribution in [0.3, 0.4) is 0 Å². The quantitative estimate of drug-likeness (QED) is 0.0665. The molecular weight excluding hydrogens is 1740 g/mol. The van der Waals surface area contributed by atoms with Crippen molar-refractivity contribution < 1.29 is 8.22 Å². The van der Waals surface area contributed by atoms with Crippen molar-refractivity contribution in [2.75, 3.05) is 9.80 Å². The third kappa shape index (κ3) is 16.6. The molecule has 0 fully saturated rings. The van der Waals surface area contributed by atoms with Crippen molar-refractivity contribution in [3.63, 3.8) is 0 Å². The van der Waals surface area contributed by atoms with Crippen molar-refractivity contribution in [1.82, 2.24) is 4.57 Å². The standard InChI is InChI=1S/C138H118BN3Si/c1-91-62-71-126-122(74-91)123-75-92(2)63-72-127(123)140(126)113-67-70-124-129(90-113)142(134-120(105-54-38-50-100(78-105)95-44-26-17-27-45-95)88-112(138(12,13)14)89-121(134)106-55-39-51-101(79-106)96-46-28-18-29-47-96)131-84-108(107-80-109(135(3,4)5)85-110(81-107)136(6,7)8)83-130-132(131)139(124)125-82-102(97-64-68-117(69-65-97)143(114-56-30-19-31-57-114,115-58-32-20-33-59-115)116-60-34-21-35-61-116)66-73-128(125)141(130)133-118(103-52-36-48-98(76-103)93-40-22-15-23-41-93)86-111(137(9,10)11)87-119(133)104-53-37-49-99(77-104)94-42-24-16-25-43-94/h15-90H,1-14H3/i1D3,2D3. The number of fused-ring (bicyclic) bond motifs is 7. The number of aryl methyl sites for hydroxylation is 2. The zero-order chi connectivity index (χ0) is 103. The molecule has 0 amide bonds. The molecule has 5 heteroatoms. The fraction of sp³-hybridized carbons (Fsp3) is 0.130. The molecule has 0 spiro atoms. The lowest BCUT2D eigenvalue weighted by Crippen LogP contribution is -2.74. The number of rotatable bonds is 17. The lowest BCUT2D eigenvalue weighted by Gasteiger charge is -2.46. The van der Waals surface area contributed by atoms with Crippen LogP contribution in [0.5, 0.6) is 0 Å². The molecule has 0 radical (unpaired) electrons. The van der Waals surface area contributed by atoms with Crippen molar-refractivity contribution in [1.29, 1.82) is 0 Å². The molecule has 2 aliphatic rings. The van der Waals surface area contributed by atoms with Crippen molar-refractivity contribution in [3.8, 4) is 117 Å². The largest absolute Gasteiger partial charge is 0.310 e. The van der Waals surface area contributed by atoms with Crippen molar-refractivity contribution in [2.45, 2.75) is 118 Å². The number of aromatic nitrogens is 1. The molecule has 143 heavy (non-hydrogen) atoms. The van der Waals surface area contributed by atoms with Crippen molar-refractivity contribution in [2.24, 2.45) is 0 Å². The van der Waals surface area contributed by atoms with Gasteiger partial charge in [-0.05, 0) is 287 Å². The maximum Gasteiger partial charge on any atom is 0.252 e. The highest BCUT2D eigenvalue weighted by Crippen LogP contribution is 2.57. The SMILES string of the molecule is [2H]C([2H])([2H])c1ccc2c(c1)c1cc(C([2H])([2H])[2H])ccc1n2-c1ccc2c(c1)N(c1c(-c3cccc(-c4ccccc4)c3)cc(C(C)(C)C)cc1-c1cccc(-c3ccccc3)c1)c1cc(-c3cc(C(C)(C)C)cc(C(C)(C)C)c3)cc3c1B2c1cc(-c2ccc([Si](c4ccccc4)(c4ccccc4)c4ccccc4)cc2)ccc1N3c1c(-c2cccc(-c3ccccc3)c2)cc(C(C)(C)C)cc1-c1cccc(-c2ccccc2)c1. The zero-order valence-electron chi connectivity index (χ0n) is 89.3. The summed E-state index contributed by atoms with van der Waals surface area (Å²) in [6, 6.07) is 171. The van der Waals surface area contributed by atoms with Crippen LogP contribution in [-0.4, -0.2) is 19.4 Å². The van der Waals surface area contributed by atoms with Gasteiger partial charge >= 0.3 is 0 Å². The molecule has 1 aromatic heterocycles. The summed E-state index contributed by atoms with van der Waals surface area (Å²) in [4.78, 5) is 5.39. The van der Waals surface area contributed by atoms with Crippen LogP contribution in [0.1, 0.15) is 125 Å². The van der Waals surface area contributed by atoms with E-state index in [0.29, 0.717) is 10.8 Å². The second-order valence-corrected chi connectivity index (χ2v) is 47.0. The van der Waals surface area contributed by atoms with E-state index >= 15 is 0 Å². The predicted molar refractivity (Wildman–Crippen MR) is 617 cm³/mol. The molecule has 0 atom stereocenters. The topological polar surface area (TPSA) is 11.4 Å². The molecule has 0 saturated carbocycles. The minimum atomic E-state index is -3.04. The Morgan fingerprint density at radius 2 is 0.524 bits per heavy atom. The Morgan fingerprint density at radius 1 is 0.217 bits per heavy atom. The normalized spacial score (nSPS) is 13.4. The third-order valence-corrected chi connectivity index (χ3v) is 34.7. The average molecular weight is 1860 g/mol. The summed E-state index contributed by atoms with van der Waals surface area (Å²) in [5, 5.41) is 6.40. The second kappa shape index (κ2) is 36.0. The van der Waals surface area contributed by atoms with Gasteiger partial charge in [-0.1, -0.05) is 452 Å². The summed E-state index contributed by atoms with van der Waals surface area (Å²) in [7, 11) is -3.04. The summed E-state index contributed by atoms with van der Waals surface area (Å²) < 4.78 is 56.2. The summed E-state index contributed by atoms with van der Waals surface area (Å²) in [6.07, 6.45) is 0. The Hall–Kier alpha value is -15.9. The van der Waals surface area contributed by atoms with Gasteiger partial charge in [-0.15, -0.1) is 0 Å². The van der Waals surface area contributed by atoms with Gasteiger partial charge in [-0.2, -0.15) is 0 Å². The van der Waals surface area contributed by atoms with Gasteiger partial charge < -0.3 is 14.4 Å². The molecule has 20 aromatic carbocycles. The van der Waals surface area contributed by atoms with E-state index in [1.165, 1.54) is 37.4 Å². The van der Waals surface area contributed by atoms with Gasteiger partial charge in [0, 0.05) is 69.7 Å². The smallest absolute Gasteiger partial charge is 0.252 e. The van der Waals surface area contributed by atoms with E-state index in [9.17, 15) is 0 Å². The highest BCUT2D eigenvalue weighted by molar-refractivity contribution is 7.20. The second-order valence-electron chi connectivity index (χ2n) is 43.2. The summed E-state index contributed by atoms with van der Waals surface area (Å²) >= 11 is 0. The number of anilines is 6. The molecule has 0 aliphatic carbocycles. The van der Waals surface area contributed by atoms with Crippen molar-refractivity contribution in [3.05, 3.63) is 494 Å². The zero-order valence-corrected chi connectivity index (χ0v) is 84.3. The van der Waals surface area contributed by atoms with E-state index in [-0.39, 0.29) is 27.4 Å². The average Bonchev–Trinajstić information content (AvgIpc) is 1.32. The Morgan fingerprint density at radius 3 is 0.888 bits per heavy atom. The number of benzene rings is 20. The molecule has 0 N–H and O–H groups in total. The van der Waals surface area contributed by atoms with Gasteiger partial charge in [0.05, 0.1) is 22.4 Å². The van der Waals surface area contributed by atoms with Crippen LogP contribution in [0, 0.1) is 13.7 Å². The van der Waals surface area contributed by atoms with Crippen molar-refractivity contribution >= 4 is 108 Å². The molecule has 0 bridgehead atoms. The highest BCUT2D eigenvalue weighted by Gasteiger charge is 2.48. The minimum Gasteiger partial charge on any atom is -0.310 e. The highest BCUT2D eigenvalue weighted by atomic mass is 28.3. The first-order chi connectivity index (χ1) is 71.6. The molecule has 2 aliphatic heterocycles. The maximum atomic E-state index is 8.99. The Labute approximate surface area is 854 Å². The van der Waals surface area contributed by atoms with Crippen LogP contribution in [0.4, 0.5) is 34.1 Å². The Bertz CT molecular complexity index is 8330. The first kappa shape index (κ1) is 84.0. The predicted octanol–water partition coefficient (Wildman–Crippen LogP) is 32.7. The van der Waals surface area contributed by atoms with Gasteiger partial charge in [-0.25, -0.2) is 0 Å². The van der Waals surface area contributed by atoms with Crippen LogP contribution in [-0.2, 0) is 21.7 Å². The molecule has 23 rings (SSSR count). The first-order valence-electron chi connectivity index (χ1n) is 53.3. The van der Waals surface area contributed by atoms with E-state index in [2.05, 4.69) is 522 Å². The lowest BCUT2D eigenvalue weighted by molar-refractivity contribution is 0.569. The van der Waals surface area contributed by atoms with Crippen LogP contribution < -0.4 is 46.9 Å². The van der Waals surface area contributed by atoms with Gasteiger partial charge in [0.25, 0.3) is 6.71 Å². The molecule has 3 nitrogen and oxygen atoms in total. The Kier molecular flexibility index (Phi) is 21.1. The van der Waals surface area contributed by atoms with Crippen LogP contribution >= 0.6 is 0 Å². The van der Waals surface area contributed by atoms with Gasteiger partial charge in [-0.3, -0.25) is 0 Å². The van der Waals surface area contributed by atoms with Gasteiger partial charge in [0.15, 0.2) is 8.07 Å². The number of hydrogen-bond donors (Lipinski definition) is 0. The van der Waals surface area contributed by atoms with Gasteiger partial charge in [0.1, 0.15) is 0 Å². The maximum absolute atomic E-state index is 8.99. The van der Waals surface area contributed by atoms with Gasteiger partial charge in [0.2, 0.25) is 0 Å². The minimum absolute atomic E-state index is 0.157. The molecule has 0 unspecified atom stereocenters. The van der Waals surface area contributed by atoms with E-state index in [1.54, 1.807) is 24.3 Å². The molecule has 21 aromatic rings. The lowest BCUT2D eigenvalue weighted by atomic mass is 9.33. The number of hydrogen-bond acceptors (Lipinski definition) is 2. The third-order valence-electron chi connectivity index (χ3n) is 29.9. The fourth-order valence-corrected chi connectivity index (χ4v) is 27.1. The van der Waals surface area contributed by atoms with Crippen LogP contribution in [0.15, 0.2) is 461 Å².